The van der Waals surface area contributed by atoms with Crippen molar-refractivity contribution in [3.05, 3.63) is 54.1 Å². The molecule has 0 bridgehead atoms. The van der Waals surface area contributed by atoms with Gasteiger partial charge >= 0.3 is 12.6 Å². The lowest BCUT2D eigenvalue weighted by Gasteiger charge is -2.21. The smallest absolute Gasteiger partial charge is 0.387 e. The molecule has 8 heteroatoms. The maximum Gasteiger partial charge on any atom is 0.387 e. The van der Waals surface area contributed by atoms with Crippen LogP contribution in [0.1, 0.15) is 31.4 Å². The molecule has 0 aliphatic carbocycles. The number of ether oxygens (including phenoxy) is 3. The molecule has 29 heavy (non-hydrogen) atoms. The maximum atomic E-state index is 12.7. The van der Waals surface area contributed by atoms with Crippen molar-refractivity contribution in [2.45, 2.75) is 32.4 Å². The van der Waals surface area contributed by atoms with E-state index in [1.54, 1.807) is 43.5 Å². The first-order chi connectivity index (χ1) is 14.0. The third-order valence-electron chi connectivity index (χ3n) is 4.11. The van der Waals surface area contributed by atoms with E-state index in [1.807, 2.05) is 13.0 Å². The van der Waals surface area contributed by atoms with Gasteiger partial charge in [-0.1, -0.05) is 37.3 Å². The van der Waals surface area contributed by atoms with Crippen molar-refractivity contribution in [3.8, 4) is 11.5 Å². The van der Waals surface area contributed by atoms with Gasteiger partial charge < -0.3 is 24.8 Å². The van der Waals surface area contributed by atoms with Gasteiger partial charge in [0.15, 0.2) is 0 Å². The highest BCUT2D eigenvalue weighted by Gasteiger charge is 2.19. The zero-order valence-electron chi connectivity index (χ0n) is 16.5. The number of halogens is 2. The molecule has 2 N–H and O–H groups in total. The van der Waals surface area contributed by atoms with Crippen LogP contribution in [0.2, 0.25) is 0 Å². The number of hydrogen-bond acceptors (Lipinski definition) is 4. The summed E-state index contributed by atoms with van der Waals surface area (Å²) < 4.78 is 40.6. The number of hydrogen-bond donors (Lipinski definition) is 2. The van der Waals surface area contributed by atoms with E-state index in [4.69, 9.17) is 9.47 Å². The zero-order chi connectivity index (χ0) is 21.1. The van der Waals surface area contributed by atoms with E-state index in [0.29, 0.717) is 36.6 Å². The van der Waals surface area contributed by atoms with Crippen LogP contribution < -0.4 is 20.1 Å². The summed E-state index contributed by atoms with van der Waals surface area (Å²) >= 11 is 0. The fourth-order valence-corrected chi connectivity index (χ4v) is 2.77. The summed E-state index contributed by atoms with van der Waals surface area (Å²) in [4.78, 5) is 12.5. The molecule has 0 aliphatic rings. The molecular weight excluding hydrogens is 382 g/mol. The number of amides is 2. The van der Waals surface area contributed by atoms with Crippen LogP contribution in [0.15, 0.2) is 48.5 Å². The first-order valence-corrected chi connectivity index (χ1v) is 9.37. The van der Waals surface area contributed by atoms with E-state index in [1.165, 1.54) is 6.07 Å². The third kappa shape index (κ3) is 7.23. The van der Waals surface area contributed by atoms with Crippen molar-refractivity contribution < 1.29 is 27.8 Å². The van der Waals surface area contributed by atoms with Crippen molar-refractivity contribution >= 4 is 11.7 Å². The topological polar surface area (TPSA) is 68.8 Å². The number of carbonyl (C=O) groups is 1. The first-order valence-electron chi connectivity index (χ1n) is 9.37. The number of urea groups is 1. The lowest BCUT2D eigenvalue weighted by molar-refractivity contribution is -0.0506. The highest BCUT2D eigenvalue weighted by molar-refractivity contribution is 5.91. The summed E-state index contributed by atoms with van der Waals surface area (Å²) in [5.41, 5.74) is 0.990. The molecule has 0 saturated carbocycles. The summed E-state index contributed by atoms with van der Waals surface area (Å²) in [5.74, 6) is 0.574. The lowest BCUT2D eigenvalue weighted by Crippen LogP contribution is -2.32. The number of para-hydroxylation sites is 3. The molecule has 0 aliphatic heterocycles. The molecule has 6 nitrogen and oxygen atoms in total. The van der Waals surface area contributed by atoms with Crippen LogP contribution >= 0.6 is 0 Å². The molecule has 158 valence electrons. The Morgan fingerprint density at radius 3 is 2.41 bits per heavy atom. The molecule has 0 heterocycles. The largest absolute Gasteiger partial charge is 0.491 e. The van der Waals surface area contributed by atoms with Crippen LogP contribution in [-0.4, -0.2) is 33.0 Å². The van der Waals surface area contributed by atoms with Gasteiger partial charge in [-0.2, -0.15) is 8.78 Å². The van der Waals surface area contributed by atoms with Crippen LogP contribution in [0.3, 0.4) is 0 Å². The predicted molar refractivity (Wildman–Crippen MR) is 107 cm³/mol. The molecule has 2 rings (SSSR count). The van der Waals surface area contributed by atoms with Crippen molar-refractivity contribution in [3.63, 3.8) is 0 Å². The van der Waals surface area contributed by atoms with Crippen LogP contribution in [-0.2, 0) is 4.74 Å². The van der Waals surface area contributed by atoms with Gasteiger partial charge in [-0.3, -0.25) is 0 Å². The standard InChI is InChI=1S/C21H26F2N2O4/c1-3-16(15-9-4-6-11-18(15)29-20(22)23)24-21(26)25-17-10-5-7-12-19(17)28-14-8-13-27-2/h4-7,9-12,16,20H,3,8,13-14H2,1-2H3,(H2,24,25,26). The second kappa shape index (κ2) is 11.9. The van der Waals surface area contributed by atoms with E-state index >= 15 is 0 Å². The van der Waals surface area contributed by atoms with Crippen LogP contribution in [0.25, 0.3) is 0 Å². The van der Waals surface area contributed by atoms with E-state index < -0.39 is 18.7 Å². The summed E-state index contributed by atoms with van der Waals surface area (Å²) in [6, 6.07) is 12.5. The van der Waals surface area contributed by atoms with Crippen LogP contribution in [0.5, 0.6) is 11.5 Å². The zero-order valence-corrected chi connectivity index (χ0v) is 16.5. The van der Waals surface area contributed by atoms with E-state index in [2.05, 4.69) is 15.4 Å². The van der Waals surface area contributed by atoms with Crippen molar-refractivity contribution in [2.24, 2.45) is 0 Å². The van der Waals surface area contributed by atoms with Gasteiger partial charge in [0.05, 0.1) is 18.3 Å². The highest BCUT2D eigenvalue weighted by Crippen LogP contribution is 2.29. The number of nitrogens with one attached hydrogen (secondary N) is 2. The monoisotopic (exact) mass is 408 g/mol. The average molecular weight is 408 g/mol. The van der Waals surface area contributed by atoms with E-state index in [9.17, 15) is 13.6 Å². The van der Waals surface area contributed by atoms with Gasteiger partial charge in [0.2, 0.25) is 0 Å². The Labute approximate surface area is 169 Å². The number of methoxy groups -OCH3 is 1. The summed E-state index contributed by atoms with van der Waals surface area (Å²) in [5, 5.41) is 5.55. The number of alkyl halides is 2. The van der Waals surface area contributed by atoms with Crippen molar-refractivity contribution in [1.29, 1.82) is 0 Å². The fourth-order valence-electron chi connectivity index (χ4n) is 2.77. The van der Waals surface area contributed by atoms with Gasteiger partial charge in [0, 0.05) is 25.7 Å². The van der Waals surface area contributed by atoms with Gasteiger partial charge in [0.1, 0.15) is 11.5 Å². The number of rotatable bonds is 11. The number of anilines is 1. The maximum absolute atomic E-state index is 12.7. The molecule has 2 amide bonds. The third-order valence-corrected chi connectivity index (χ3v) is 4.11. The Kier molecular flexibility index (Phi) is 9.17. The quantitative estimate of drug-likeness (QED) is 0.515. The molecule has 0 aromatic heterocycles. The highest BCUT2D eigenvalue weighted by atomic mass is 19.3. The van der Waals surface area contributed by atoms with Crippen molar-refractivity contribution in [1.82, 2.24) is 5.32 Å². The van der Waals surface area contributed by atoms with E-state index in [0.717, 1.165) is 6.42 Å². The minimum absolute atomic E-state index is 0.0385. The van der Waals surface area contributed by atoms with Crippen LogP contribution in [0.4, 0.5) is 19.3 Å². The fraction of sp³-hybridized carbons (Fsp3) is 0.381. The molecule has 1 atom stereocenters. The average Bonchev–Trinajstić information content (AvgIpc) is 2.71. The summed E-state index contributed by atoms with van der Waals surface area (Å²) in [6.45, 7) is -0.0697. The molecule has 2 aromatic rings. The SMILES string of the molecule is CCC(NC(=O)Nc1ccccc1OCCCOC)c1ccccc1OC(F)F. The normalized spacial score (nSPS) is 11.8. The van der Waals surface area contributed by atoms with Crippen molar-refractivity contribution in [2.75, 3.05) is 25.6 Å². The van der Waals surface area contributed by atoms with E-state index in [-0.39, 0.29) is 5.75 Å². The molecule has 0 spiro atoms. The van der Waals surface area contributed by atoms with Gasteiger partial charge in [0.25, 0.3) is 0 Å². The second-order valence-electron chi connectivity index (χ2n) is 6.17. The van der Waals surface area contributed by atoms with Gasteiger partial charge in [-0.05, 0) is 24.6 Å². The minimum Gasteiger partial charge on any atom is -0.491 e. The minimum atomic E-state index is -2.94. The lowest BCUT2D eigenvalue weighted by atomic mass is 10.0. The molecule has 1 unspecified atom stereocenters. The molecule has 0 saturated heterocycles. The Balaban J connectivity index is 2.05. The molecule has 0 fully saturated rings. The molecular formula is C21H26F2N2O4. The molecule has 2 aromatic carbocycles. The summed E-state index contributed by atoms with van der Waals surface area (Å²) in [6.07, 6.45) is 1.21. The van der Waals surface area contributed by atoms with Gasteiger partial charge in [-0.25, -0.2) is 4.79 Å². The predicted octanol–water partition coefficient (Wildman–Crippen LogP) is 4.98. The Bertz CT molecular complexity index is 774. The second-order valence-corrected chi connectivity index (χ2v) is 6.17. The summed E-state index contributed by atoms with van der Waals surface area (Å²) in [7, 11) is 1.62. The molecule has 0 radical (unpaired) electrons. The number of benzene rings is 2. The number of carbonyl (C=O) groups excluding carboxylic acids is 1. The Morgan fingerprint density at radius 2 is 1.72 bits per heavy atom. The first kappa shape index (κ1) is 22.4. The Morgan fingerprint density at radius 1 is 1.03 bits per heavy atom. The Hall–Kier alpha value is -2.87. The van der Waals surface area contributed by atoms with Gasteiger partial charge in [-0.15, -0.1) is 0 Å². The van der Waals surface area contributed by atoms with Crippen LogP contribution in [0, 0.1) is 0 Å².